The molecular formula is C18H26O4. The maximum atomic E-state index is 12.3. The van der Waals surface area contributed by atoms with E-state index in [0.29, 0.717) is 18.4 Å². The van der Waals surface area contributed by atoms with Gasteiger partial charge < -0.3 is 9.84 Å². The molecule has 122 valence electrons. The summed E-state index contributed by atoms with van der Waals surface area (Å²) < 4.78 is 5.11. The van der Waals surface area contributed by atoms with Crippen LogP contribution >= 0.6 is 0 Å². The first-order valence-electron chi connectivity index (χ1n) is 8.34. The third-order valence-electron chi connectivity index (χ3n) is 4.42. The van der Waals surface area contributed by atoms with Gasteiger partial charge in [-0.15, -0.1) is 0 Å². The average molecular weight is 306 g/mol. The molecule has 1 fully saturated rings. The zero-order valence-electron chi connectivity index (χ0n) is 13.6. The molecule has 22 heavy (non-hydrogen) atoms. The van der Waals surface area contributed by atoms with E-state index in [1.807, 2.05) is 6.08 Å². The van der Waals surface area contributed by atoms with Gasteiger partial charge in [-0.25, -0.2) is 4.79 Å². The molecule has 0 aromatic heterocycles. The number of carbonyl (C=O) groups is 2. The van der Waals surface area contributed by atoms with Crippen molar-refractivity contribution in [2.75, 3.05) is 0 Å². The van der Waals surface area contributed by atoms with Crippen molar-refractivity contribution >= 4 is 11.8 Å². The average Bonchev–Trinajstić information content (AvgIpc) is 3.12. The monoisotopic (exact) mass is 306 g/mol. The molecule has 0 bridgehead atoms. The molecule has 1 N–H and O–H groups in total. The first-order valence-corrected chi connectivity index (χ1v) is 8.34. The van der Waals surface area contributed by atoms with Crippen molar-refractivity contribution in [1.82, 2.24) is 0 Å². The molecule has 0 aromatic rings. The molecule has 4 nitrogen and oxygen atoms in total. The standard InChI is InChI=1S/C18H26O4/c1-3-4-5-6-7-8-9-13(2)16(19)14-12-15(22-17(14)20)18(21)10-11-18/h9,12,15,21H,3-8,10-11H2,1-2H3/b13-9+/t15-/m1/s1. The van der Waals surface area contributed by atoms with Gasteiger partial charge in [-0.3, -0.25) is 4.79 Å². The van der Waals surface area contributed by atoms with E-state index in [-0.39, 0.29) is 11.4 Å². The van der Waals surface area contributed by atoms with E-state index in [1.165, 1.54) is 31.8 Å². The Kier molecular flexibility index (Phi) is 5.57. The summed E-state index contributed by atoms with van der Waals surface area (Å²) in [7, 11) is 0. The van der Waals surface area contributed by atoms with E-state index in [2.05, 4.69) is 6.92 Å². The van der Waals surface area contributed by atoms with Crippen LogP contribution in [0.2, 0.25) is 0 Å². The van der Waals surface area contributed by atoms with E-state index >= 15 is 0 Å². The Morgan fingerprint density at radius 3 is 2.68 bits per heavy atom. The third kappa shape index (κ3) is 4.07. The number of hydrogen-bond donors (Lipinski definition) is 1. The van der Waals surface area contributed by atoms with Gasteiger partial charge in [0.1, 0.15) is 11.2 Å². The lowest BCUT2D eigenvalue weighted by molar-refractivity contribution is -0.145. The fraction of sp³-hybridized carbons (Fsp3) is 0.667. The molecule has 1 saturated carbocycles. The van der Waals surface area contributed by atoms with Gasteiger partial charge in [0.15, 0.2) is 11.9 Å². The molecule has 0 saturated heterocycles. The SMILES string of the molecule is CCCCCCC/C=C(\C)C(=O)C1=C[C@H](C2(O)CC2)OC1=O. The van der Waals surface area contributed by atoms with E-state index in [4.69, 9.17) is 4.74 Å². The minimum Gasteiger partial charge on any atom is -0.451 e. The highest BCUT2D eigenvalue weighted by Crippen LogP contribution is 2.43. The molecule has 1 aliphatic carbocycles. The Morgan fingerprint density at radius 2 is 2.05 bits per heavy atom. The number of esters is 1. The van der Waals surface area contributed by atoms with Crippen LogP contribution in [0.1, 0.15) is 65.2 Å². The lowest BCUT2D eigenvalue weighted by atomic mass is 10.0. The molecule has 0 unspecified atom stereocenters. The Morgan fingerprint density at radius 1 is 1.36 bits per heavy atom. The summed E-state index contributed by atoms with van der Waals surface area (Å²) in [5, 5.41) is 9.98. The van der Waals surface area contributed by atoms with Crippen molar-refractivity contribution in [2.45, 2.75) is 76.9 Å². The van der Waals surface area contributed by atoms with Crippen LogP contribution < -0.4 is 0 Å². The molecule has 0 amide bonds. The van der Waals surface area contributed by atoms with Crippen LogP contribution in [-0.2, 0) is 14.3 Å². The van der Waals surface area contributed by atoms with Crippen LogP contribution in [0, 0.1) is 0 Å². The van der Waals surface area contributed by atoms with E-state index in [9.17, 15) is 14.7 Å². The Hall–Kier alpha value is -1.42. The lowest BCUT2D eigenvalue weighted by Gasteiger charge is -2.13. The zero-order valence-corrected chi connectivity index (χ0v) is 13.6. The van der Waals surface area contributed by atoms with E-state index < -0.39 is 17.7 Å². The molecule has 1 heterocycles. The first kappa shape index (κ1) is 16.9. The number of carbonyl (C=O) groups excluding carboxylic acids is 2. The second kappa shape index (κ2) is 7.23. The maximum Gasteiger partial charge on any atom is 0.342 e. The highest BCUT2D eigenvalue weighted by atomic mass is 16.6. The largest absolute Gasteiger partial charge is 0.451 e. The van der Waals surface area contributed by atoms with E-state index in [0.717, 1.165) is 12.8 Å². The molecule has 1 atom stereocenters. The number of unbranched alkanes of at least 4 members (excludes halogenated alkanes) is 5. The van der Waals surface area contributed by atoms with Crippen molar-refractivity contribution in [3.63, 3.8) is 0 Å². The first-order chi connectivity index (χ1) is 10.5. The van der Waals surface area contributed by atoms with Gasteiger partial charge in [0.2, 0.25) is 0 Å². The highest BCUT2D eigenvalue weighted by Gasteiger charge is 2.52. The Balaban J connectivity index is 1.86. The van der Waals surface area contributed by atoms with Gasteiger partial charge in [-0.05, 0) is 44.3 Å². The summed E-state index contributed by atoms with van der Waals surface area (Å²) in [5.74, 6) is -0.878. The number of hydrogen-bond acceptors (Lipinski definition) is 4. The second-order valence-corrected chi connectivity index (χ2v) is 6.43. The molecule has 0 aromatic carbocycles. The Bertz CT molecular complexity index is 497. The topological polar surface area (TPSA) is 63.6 Å². The fourth-order valence-corrected chi connectivity index (χ4v) is 2.65. The normalized spacial score (nSPS) is 23.2. The molecule has 2 aliphatic rings. The summed E-state index contributed by atoms with van der Waals surface area (Å²) in [5.41, 5.74) is -0.276. The predicted octanol–water partition coefficient (Wildman–Crippen LogP) is 3.24. The summed E-state index contributed by atoms with van der Waals surface area (Å²) in [6, 6.07) is 0. The van der Waals surface area contributed by atoms with Crippen LogP contribution in [0.5, 0.6) is 0 Å². The van der Waals surface area contributed by atoms with Crippen LogP contribution in [-0.4, -0.2) is 28.6 Å². The fourth-order valence-electron chi connectivity index (χ4n) is 2.65. The van der Waals surface area contributed by atoms with Crippen molar-refractivity contribution < 1.29 is 19.4 Å². The molecule has 0 radical (unpaired) electrons. The minimum atomic E-state index is -0.936. The number of cyclic esters (lactones) is 1. The van der Waals surface area contributed by atoms with Gasteiger partial charge in [0, 0.05) is 0 Å². The third-order valence-corrected chi connectivity index (χ3v) is 4.42. The summed E-state index contributed by atoms with van der Waals surface area (Å²) in [4.78, 5) is 24.1. The summed E-state index contributed by atoms with van der Waals surface area (Å²) in [6.07, 6.45) is 10.8. The van der Waals surface area contributed by atoms with Crippen molar-refractivity contribution in [3.8, 4) is 0 Å². The van der Waals surface area contributed by atoms with E-state index in [1.54, 1.807) is 6.92 Å². The second-order valence-electron chi connectivity index (χ2n) is 6.43. The summed E-state index contributed by atoms with van der Waals surface area (Å²) in [6.45, 7) is 3.92. The van der Waals surface area contributed by atoms with Gasteiger partial charge in [-0.2, -0.15) is 0 Å². The number of ether oxygens (including phenoxy) is 1. The number of aliphatic hydroxyl groups is 1. The number of Topliss-reactive ketones (excluding diaryl/α,β-unsaturated/α-hetero) is 1. The maximum absolute atomic E-state index is 12.3. The van der Waals surface area contributed by atoms with Crippen molar-refractivity contribution in [2.24, 2.45) is 0 Å². The van der Waals surface area contributed by atoms with Gasteiger partial charge in [0.25, 0.3) is 0 Å². The molecule has 1 aliphatic heterocycles. The molecular weight excluding hydrogens is 280 g/mol. The molecule has 0 spiro atoms. The van der Waals surface area contributed by atoms with Crippen LogP contribution in [0.3, 0.4) is 0 Å². The number of allylic oxidation sites excluding steroid dienone is 2. The van der Waals surface area contributed by atoms with Gasteiger partial charge in [0.05, 0.1) is 0 Å². The zero-order chi connectivity index (χ0) is 16.2. The van der Waals surface area contributed by atoms with Crippen molar-refractivity contribution in [3.05, 3.63) is 23.3 Å². The Labute approximate surface area is 132 Å². The van der Waals surface area contributed by atoms with Crippen molar-refractivity contribution in [1.29, 1.82) is 0 Å². The van der Waals surface area contributed by atoms with Crippen LogP contribution in [0.4, 0.5) is 0 Å². The van der Waals surface area contributed by atoms with Gasteiger partial charge >= 0.3 is 5.97 Å². The predicted molar refractivity (Wildman–Crippen MR) is 84.3 cm³/mol. The van der Waals surface area contributed by atoms with Crippen LogP contribution in [0.15, 0.2) is 23.3 Å². The van der Waals surface area contributed by atoms with Crippen LogP contribution in [0.25, 0.3) is 0 Å². The quantitative estimate of drug-likeness (QED) is 0.307. The minimum absolute atomic E-state index is 0.0741. The van der Waals surface area contributed by atoms with Gasteiger partial charge in [-0.1, -0.05) is 38.7 Å². The molecule has 2 rings (SSSR count). The number of rotatable bonds is 9. The summed E-state index contributed by atoms with van der Waals surface area (Å²) >= 11 is 0. The molecule has 4 heteroatoms. The lowest BCUT2D eigenvalue weighted by Crippen LogP contribution is -2.27. The smallest absolute Gasteiger partial charge is 0.342 e. The number of ketones is 1. The highest BCUT2D eigenvalue weighted by molar-refractivity contribution is 6.24.